The molecular formula is C24H33N5O4Si. The average molecular weight is 484 g/mol. The van der Waals surface area contributed by atoms with E-state index in [4.69, 9.17) is 9.16 Å². The number of aliphatic hydroxyl groups excluding tert-OH is 1. The molecule has 2 N–H and O–H groups in total. The summed E-state index contributed by atoms with van der Waals surface area (Å²) >= 11 is 0. The average Bonchev–Trinajstić information content (AvgIpc) is 3.35. The first-order valence-corrected chi connectivity index (χ1v) is 14.5. The van der Waals surface area contributed by atoms with Gasteiger partial charge in [-0.15, -0.1) is 0 Å². The first-order valence-electron chi connectivity index (χ1n) is 11.6. The molecule has 10 heteroatoms. The number of amides is 1. The second-order valence-electron chi connectivity index (χ2n) is 10.2. The number of ether oxygens (including phenoxy) is 1. The molecular weight excluding hydrogens is 450 g/mol. The van der Waals surface area contributed by atoms with Crippen molar-refractivity contribution in [2.75, 3.05) is 5.32 Å². The second kappa shape index (κ2) is 9.18. The third-order valence-corrected chi connectivity index (χ3v) is 11.3. The minimum atomic E-state index is -2.21. The monoisotopic (exact) mass is 483 g/mol. The topological polar surface area (TPSA) is 111 Å². The second-order valence-corrected chi connectivity index (χ2v) is 14.9. The molecule has 4 atom stereocenters. The van der Waals surface area contributed by atoms with Crippen LogP contribution in [0.4, 0.5) is 5.82 Å². The van der Waals surface area contributed by atoms with Crippen LogP contribution >= 0.6 is 0 Å². The van der Waals surface area contributed by atoms with Gasteiger partial charge in [0.2, 0.25) is 0 Å². The number of imidazole rings is 1. The molecule has 9 nitrogen and oxygen atoms in total. The Hall–Kier alpha value is -2.66. The van der Waals surface area contributed by atoms with Crippen LogP contribution in [-0.2, 0) is 9.16 Å². The molecule has 1 aliphatic rings. The smallest absolute Gasteiger partial charge is 0.256 e. The molecule has 2 aromatic heterocycles. The Morgan fingerprint density at radius 1 is 1.21 bits per heavy atom. The molecule has 34 heavy (non-hydrogen) atoms. The van der Waals surface area contributed by atoms with Gasteiger partial charge in [-0.2, -0.15) is 0 Å². The molecule has 0 bridgehead atoms. The SMILES string of the molecule is CC[C@H]1O[C@@H](n2cnc3c(NC(=O)c4ccccc4)ncnc32)[C@@H](O[Si](C)(C)C(C)(C)C)C1O. The van der Waals surface area contributed by atoms with Crippen LogP contribution in [0.2, 0.25) is 18.1 Å². The summed E-state index contributed by atoms with van der Waals surface area (Å²) < 4.78 is 14.7. The zero-order valence-corrected chi connectivity index (χ0v) is 21.5. The number of aliphatic hydroxyl groups is 1. The molecule has 1 fully saturated rings. The number of nitrogens with zero attached hydrogens (tertiary/aromatic N) is 4. The Kier molecular flexibility index (Phi) is 6.60. The summed E-state index contributed by atoms with van der Waals surface area (Å²) in [5.41, 5.74) is 1.46. The molecule has 1 aromatic carbocycles. The first-order chi connectivity index (χ1) is 16.0. The highest BCUT2D eigenvalue weighted by molar-refractivity contribution is 6.74. The van der Waals surface area contributed by atoms with Crippen molar-refractivity contribution < 1.29 is 19.1 Å². The molecule has 4 rings (SSSR count). The number of carbonyl (C=O) groups excluding carboxylic acids is 1. The van der Waals surface area contributed by atoms with Gasteiger partial charge in [0.1, 0.15) is 18.5 Å². The molecule has 1 unspecified atom stereocenters. The summed E-state index contributed by atoms with van der Waals surface area (Å²) in [6.07, 6.45) is 1.32. The summed E-state index contributed by atoms with van der Waals surface area (Å²) in [5.74, 6) is 0.0259. The summed E-state index contributed by atoms with van der Waals surface area (Å²) in [6, 6.07) is 8.91. The van der Waals surface area contributed by atoms with E-state index >= 15 is 0 Å². The molecule has 1 amide bonds. The van der Waals surface area contributed by atoms with Crippen molar-refractivity contribution in [1.29, 1.82) is 0 Å². The number of hydrogen-bond donors (Lipinski definition) is 2. The third-order valence-electron chi connectivity index (χ3n) is 6.85. The predicted molar refractivity (Wildman–Crippen MR) is 132 cm³/mol. The van der Waals surface area contributed by atoms with E-state index in [-0.39, 0.29) is 17.0 Å². The highest BCUT2D eigenvalue weighted by Crippen LogP contribution is 2.42. The van der Waals surface area contributed by atoms with Crippen molar-refractivity contribution in [2.45, 2.75) is 76.8 Å². The zero-order valence-electron chi connectivity index (χ0n) is 20.5. The molecule has 1 aliphatic heterocycles. The lowest BCUT2D eigenvalue weighted by atomic mass is 10.1. The van der Waals surface area contributed by atoms with Crippen molar-refractivity contribution in [3.05, 3.63) is 48.5 Å². The van der Waals surface area contributed by atoms with Crippen LogP contribution in [0, 0.1) is 0 Å². The first kappa shape index (κ1) is 24.5. The number of nitrogens with one attached hydrogen (secondary N) is 1. The lowest BCUT2D eigenvalue weighted by Crippen LogP contribution is -2.48. The fourth-order valence-corrected chi connectivity index (χ4v) is 5.11. The fourth-order valence-electron chi connectivity index (χ4n) is 3.82. The Bertz CT molecular complexity index is 1160. The van der Waals surface area contributed by atoms with Gasteiger partial charge in [-0.3, -0.25) is 9.36 Å². The van der Waals surface area contributed by atoms with E-state index in [1.807, 2.05) is 13.0 Å². The lowest BCUT2D eigenvalue weighted by Gasteiger charge is -2.40. The van der Waals surface area contributed by atoms with Gasteiger partial charge in [-0.1, -0.05) is 45.9 Å². The van der Waals surface area contributed by atoms with Gasteiger partial charge in [-0.25, -0.2) is 15.0 Å². The Morgan fingerprint density at radius 3 is 2.56 bits per heavy atom. The molecule has 3 aromatic rings. The van der Waals surface area contributed by atoms with E-state index in [2.05, 4.69) is 54.1 Å². The van der Waals surface area contributed by atoms with Gasteiger partial charge < -0.3 is 19.6 Å². The Balaban J connectivity index is 1.68. The van der Waals surface area contributed by atoms with Crippen LogP contribution in [0.5, 0.6) is 0 Å². The zero-order chi connectivity index (χ0) is 24.7. The van der Waals surface area contributed by atoms with Crippen molar-refractivity contribution in [3.63, 3.8) is 0 Å². The molecule has 0 spiro atoms. The molecule has 1 saturated heterocycles. The van der Waals surface area contributed by atoms with Crippen molar-refractivity contribution in [3.8, 4) is 0 Å². The highest BCUT2D eigenvalue weighted by atomic mass is 28.4. The number of benzene rings is 1. The van der Waals surface area contributed by atoms with E-state index in [0.29, 0.717) is 29.0 Å². The lowest BCUT2D eigenvalue weighted by molar-refractivity contribution is -0.0325. The normalized spacial score (nSPS) is 23.4. The van der Waals surface area contributed by atoms with Gasteiger partial charge in [0.15, 0.2) is 31.5 Å². The van der Waals surface area contributed by atoms with Crippen LogP contribution < -0.4 is 5.32 Å². The van der Waals surface area contributed by atoms with Crippen molar-refractivity contribution in [2.24, 2.45) is 0 Å². The van der Waals surface area contributed by atoms with Crippen LogP contribution in [0.25, 0.3) is 11.2 Å². The van der Waals surface area contributed by atoms with Gasteiger partial charge in [-0.05, 0) is 36.7 Å². The molecule has 0 saturated carbocycles. The van der Waals surface area contributed by atoms with Crippen LogP contribution in [0.1, 0.15) is 50.7 Å². The third kappa shape index (κ3) is 4.50. The molecule has 0 aliphatic carbocycles. The summed E-state index contributed by atoms with van der Waals surface area (Å²) in [5, 5.41) is 13.9. The largest absolute Gasteiger partial charge is 0.407 e. The van der Waals surface area contributed by atoms with E-state index in [1.165, 1.54) is 6.33 Å². The maximum absolute atomic E-state index is 12.7. The number of anilines is 1. The number of hydrogen-bond acceptors (Lipinski definition) is 7. The van der Waals surface area contributed by atoms with Crippen LogP contribution in [-0.4, -0.2) is 57.2 Å². The molecule has 182 valence electrons. The summed E-state index contributed by atoms with van der Waals surface area (Å²) in [4.78, 5) is 25.8. The molecule has 0 radical (unpaired) electrons. The van der Waals surface area contributed by atoms with E-state index in [0.717, 1.165) is 0 Å². The minimum Gasteiger partial charge on any atom is -0.407 e. The number of carbonyl (C=O) groups is 1. The summed E-state index contributed by atoms with van der Waals surface area (Å²) in [6.45, 7) is 12.8. The van der Waals surface area contributed by atoms with Gasteiger partial charge in [0.25, 0.3) is 5.91 Å². The predicted octanol–water partition coefficient (Wildman–Crippen LogP) is 4.14. The summed E-state index contributed by atoms with van der Waals surface area (Å²) in [7, 11) is -2.21. The Morgan fingerprint density at radius 2 is 1.91 bits per heavy atom. The van der Waals surface area contributed by atoms with Gasteiger partial charge in [0.05, 0.1) is 12.4 Å². The van der Waals surface area contributed by atoms with E-state index < -0.39 is 26.8 Å². The quantitative estimate of drug-likeness (QED) is 0.507. The van der Waals surface area contributed by atoms with Crippen molar-refractivity contribution in [1.82, 2.24) is 19.5 Å². The van der Waals surface area contributed by atoms with Gasteiger partial charge >= 0.3 is 0 Å². The number of fused-ring (bicyclic) bond motifs is 1. The highest BCUT2D eigenvalue weighted by Gasteiger charge is 2.50. The molecule has 3 heterocycles. The fraction of sp³-hybridized carbons (Fsp3) is 0.500. The van der Waals surface area contributed by atoms with Crippen LogP contribution in [0.3, 0.4) is 0 Å². The number of rotatable bonds is 6. The minimum absolute atomic E-state index is 0.0321. The number of aromatic nitrogens is 4. The maximum atomic E-state index is 12.7. The van der Waals surface area contributed by atoms with E-state index in [1.54, 1.807) is 35.2 Å². The van der Waals surface area contributed by atoms with Crippen LogP contribution in [0.15, 0.2) is 43.0 Å². The van der Waals surface area contributed by atoms with E-state index in [9.17, 15) is 9.90 Å². The standard InChI is InChI=1S/C24H33N5O4Si/c1-7-16-18(30)19(33-34(5,6)24(2,3)4)23(32-16)29-14-27-17-20(25-13-26-21(17)29)28-22(31)15-11-9-8-10-12-15/h8-14,16,18-19,23,30H,7H2,1-6H3,(H,25,26,28,31)/t16-,18?,19+,23-/m1/s1. The van der Waals surface area contributed by atoms with Crippen molar-refractivity contribution >= 4 is 31.2 Å². The maximum Gasteiger partial charge on any atom is 0.256 e. The Labute approximate surface area is 200 Å². The van der Waals surface area contributed by atoms with Gasteiger partial charge in [0, 0.05) is 5.56 Å².